The molecule has 2 aliphatic rings. The van der Waals surface area contributed by atoms with E-state index in [1.54, 1.807) is 0 Å². The normalized spacial score (nSPS) is 24.7. The molecule has 0 aromatic heterocycles. The predicted octanol–water partition coefficient (Wildman–Crippen LogP) is 2.71. The quantitative estimate of drug-likeness (QED) is 0.835. The minimum atomic E-state index is 0.581. The van der Waals surface area contributed by atoms with Crippen LogP contribution < -0.4 is 10.2 Å². The Balaban J connectivity index is 1.90. The number of rotatable bonds is 3. The average molecular weight is 216 g/mol. The molecule has 1 saturated carbocycles. The third kappa shape index (κ3) is 1.82. The molecule has 1 aliphatic heterocycles. The van der Waals surface area contributed by atoms with E-state index in [-0.39, 0.29) is 0 Å². The number of benzene rings is 1. The van der Waals surface area contributed by atoms with Crippen molar-refractivity contribution in [3.8, 4) is 0 Å². The Bertz CT molecular complexity index is 344. The molecule has 86 valence electrons. The van der Waals surface area contributed by atoms with Crippen LogP contribution in [0.4, 0.5) is 5.69 Å². The monoisotopic (exact) mass is 216 g/mol. The molecule has 3 rings (SSSR count). The first-order chi connectivity index (χ1) is 7.86. The SMILES string of the molecule is CN(c1ccccc1C1CCCN1)C1CC1. The summed E-state index contributed by atoms with van der Waals surface area (Å²) in [6, 6.07) is 10.3. The second-order valence-corrected chi connectivity index (χ2v) is 5.05. The third-order valence-corrected chi connectivity index (χ3v) is 3.85. The molecule has 2 nitrogen and oxygen atoms in total. The van der Waals surface area contributed by atoms with Gasteiger partial charge in [-0.1, -0.05) is 18.2 Å². The standard InChI is InChI=1S/C14H20N2/c1-16(11-8-9-11)14-7-3-2-5-12(14)13-6-4-10-15-13/h2-3,5,7,11,13,15H,4,6,8-10H2,1H3. The molecule has 1 saturated heterocycles. The van der Waals surface area contributed by atoms with Crippen LogP contribution in [-0.2, 0) is 0 Å². The van der Waals surface area contributed by atoms with Crippen LogP contribution in [0.25, 0.3) is 0 Å². The maximum Gasteiger partial charge on any atom is 0.0414 e. The smallest absolute Gasteiger partial charge is 0.0414 e. The van der Waals surface area contributed by atoms with Gasteiger partial charge in [-0.25, -0.2) is 0 Å². The second kappa shape index (κ2) is 4.10. The molecule has 1 heterocycles. The molecule has 1 aromatic carbocycles. The van der Waals surface area contributed by atoms with E-state index in [1.165, 1.54) is 43.5 Å². The van der Waals surface area contributed by atoms with Crippen molar-refractivity contribution in [2.45, 2.75) is 37.8 Å². The molecular weight excluding hydrogens is 196 g/mol. The number of nitrogens with one attached hydrogen (secondary N) is 1. The summed E-state index contributed by atoms with van der Waals surface area (Å²) in [7, 11) is 2.24. The van der Waals surface area contributed by atoms with Crippen molar-refractivity contribution in [3.05, 3.63) is 29.8 Å². The Hall–Kier alpha value is -1.02. The molecular formula is C14H20N2. The maximum absolute atomic E-state index is 3.60. The van der Waals surface area contributed by atoms with Gasteiger partial charge in [0.2, 0.25) is 0 Å². The third-order valence-electron chi connectivity index (χ3n) is 3.85. The number of anilines is 1. The number of para-hydroxylation sites is 1. The fourth-order valence-corrected chi connectivity index (χ4v) is 2.71. The van der Waals surface area contributed by atoms with E-state index in [0.717, 1.165) is 6.04 Å². The second-order valence-electron chi connectivity index (χ2n) is 5.05. The van der Waals surface area contributed by atoms with Crippen molar-refractivity contribution < 1.29 is 0 Å². The van der Waals surface area contributed by atoms with E-state index in [9.17, 15) is 0 Å². The molecule has 1 N–H and O–H groups in total. The lowest BCUT2D eigenvalue weighted by Gasteiger charge is -2.24. The summed E-state index contributed by atoms with van der Waals surface area (Å²) in [6.07, 6.45) is 5.33. The van der Waals surface area contributed by atoms with Crippen LogP contribution in [0.2, 0.25) is 0 Å². The van der Waals surface area contributed by atoms with Gasteiger partial charge in [0.1, 0.15) is 0 Å². The molecule has 1 aromatic rings. The lowest BCUT2D eigenvalue weighted by Crippen LogP contribution is -2.23. The van der Waals surface area contributed by atoms with Crippen LogP contribution in [0.1, 0.15) is 37.3 Å². The van der Waals surface area contributed by atoms with Gasteiger partial charge in [0.15, 0.2) is 0 Å². The van der Waals surface area contributed by atoms with E-state index in [0.29, 0.717) is 6.04 Å². The van der Waals surface area contributed by atoms with E-state index in [2.05, 4.69) is 41.5 Å². The van der Waals surface area contributed by atoms with Gasteiger partial charge in [0, 0.05) is 24.8 Å². The highest BCUT2D eigenvalue weighted by molar-refractivity contribution is 5.56. The van der Waals surface area contributed by atoms with Crippen LogP contribution in [0.5, 0.6) is 0 Å². The lowest BCUT2D eigenvalue weighted by molar-refractivity contribution is 0.645. The summed E-state index contributed by atoms with van der Waals surface area (Å²) in [5, 5.41) is 3.60. The molecule has 1 aliphatic carbocycles. The Morgan fingerprint density at radius 1 is 1.19 bits per heavy atom. The van der Waals surface area contributed by atoms with Crippen molar-refractivity contribution in [2.75, 3.05) is 18.5 Å². The molecule has 0 bridgehead atoms. The van der Waals surface area contributed by atoms with Crippen molar-refractivity contribution in [1.82, 2.24) is 5.32 Å². The lowest BCUT2D eigenvalue weighted by atomic mass is 10.0. The zero-order valence-corrected chi connectivity index (χ0v) is 9.95. The zero-order chi connectivity index (χ0) is 11.0. The fraction of sp³-hybridized carbons (Fsp3) is 0.571. The van der Waals surface area contributed by atoms with Gasteiger partial charge >= 0.3 is 0 Å². The highest BCUT2D eigenvalue weighted by Crippen LogP contribution is 2.36. The summed E-state index contributed by atoms with van der Waals surface area (Å²) in [6.45, 7) is 1.17. The topological polar surface area (TPSA) is 15.3 Å². The highest BCUT2D eigenvalue weighted by atomic mass is 15.2. The number of hydrogen-bond donors (Lipinski definition) is 1. The van der Waals surface area contributed by atoms with Gasteiger partial charge in [-0.3, -0.25) is 0 Å². The van der Waals surface area contributed by atoms with Crippen molar-refractivity contribution in [3.63, 3.8) is 0 Å². The maximum atomic E-state index is 3.60. The van der Waals surface area contributed by atoms with Crippen LogP contribution in [-0.4, -0.2) is 19.6 Å². The van der Waals surface area contributed by atoms with Crippen LogP contribution >= 0.6 is 0 Å². The van der Waals surface area contributed by atoms with Gasteiger partial charge in [-0.05, 0) is 43.9 Å². The first-order valence-electron chi connectivity index (χ1n) is 6.41. The van der Waals surface area contributed by atoms with E-state index < -0.39 is 0 Å². The summed E-state index contributed by atoms with van der Waals surface area (Å²) in [4.78, 5) is 2.47. The Kier molecular flexibility index (Phi) is 2.60. The van der Waals surface area contributed by atoms with Gasteiger partial charge < -0.3 is 10.2 Å². The number of hydrogen-bond acceptors (Lipinski definition) is 2. The Labute approximate surface area is 97.6 Å². The first kappa shape index (κ1) is 10.2. The first-order valence-corrected chi connectivity index (χ1v) is 6.41. The van der Waals surface area contributed by atoms with Crippen molar-refractivity contribution >= 4 is 5.69 Å². The van der Waals surface area contributed by atoms with Gasteiger partial charge in [0.05, 0.1) is 0 Å². The van der Waals surface area contributed by atoms with Crippen LogP contribution in [0, 0.1) is 0 Å². The highest BCUT2D eigenvalue weighted by Gasteiger charge is 2.29. The molecule has 1 unspecified atom stereocenters. The molecule has 2 fully saturated rings. The van der Waals surface area contributed by atoms with Crippen molar-refractivity contribution in [2.24, 2.45) is 0 Å². The predicted molar refractivity (Wildman–Crippen MR) is 67.8 cm³/mol. The number of nitrogens with zero attached hydrogens (tertiary/aromatic N) is 1. The van der Waals surface area contributed by atoms with E-state index in [1.807, 2.05) is 0 Å². The summed E-state index contributed by atoms with van der Waals surface area (Å²) < 4.78 is 0. The largest absolute Gasteiger partial charge is 0.371 e. The fourth-order valence-electron chi connectivity index (χ4n) is 2.71. The van der Waals surface area contributed by atoms with Gasteiger partial charge in [-0.2, -0.15) is 0 Å². The van der Waals surface area contributed by atoms with Crippen molar-refractivity contribution in [1.29, 1.82) is 0 Å². The summed E-state index contributed by atoms with van der Waals surface area (Å²) in [5.41, 5.74) is 2.93. The minimum Gasteiger partial charge on any atom is -0.371 e. The van der Waals surface area contributed by atoms with Crippen LogP contribution in [0.15, 0.2) is 24.3 Å². The zero-order valence-electron chi connectivity index (χ0n) is 9.95. The van der Waals surface area contributed by atoms with E-state index >= 15 is 0 Å². The Morgan fingerprint density at radius 3 is 2.69 bits per heavy atom. The molecule has 2 heteroatoms. The van der Waals surface area contributed by atoms with E-state index in [4.69, 9.17) is 0 Å². The summed E-state index contributed by atoms with van der Waals surface area (Å²) in [5.74, 6) is 0. The molecule has 1 atom stereocenters. The molecule has 0 spiro atoms. The average Bonchev–Trinajstić information content (AvgIpc) is 3.04. The van der Waals surface area contributed by atoms with Gasteiger partial charge in [0.25, 0.3) is 0 Å². The molecule has 16 heavy (non-hydrogen) atoms. The van der Waals surface area contributed by atoms with Crippen LogP contribution in [0.3, 0.4) is 0 Å². The Morgan fingerprint density at radius 2 is 2.00 bits per heavy atom. The summed E-state index contributed by atoms with van der Waals surface area (Å²) >= 11 is 0. The molecule has 0 radical (unpaired) electrons. The minimum absolute atomic E-state index is 0.581. The molecule has 0 amide bonds. The van der Waals surface area contributed by atoms with Gasteiger partial charge in [-0.15, -0.1) is 0 Å².